The number of carbonyl (C=O) groups excluding carboxylic acids is 1. The van der Waals surface area contributed by atoms with Crippen molar-refractivity contribution >= 4 is 6.09 Å². The number of nitrogens with one attached hydrogen (secondary N) is 2. The summed E-state index contributed by atoms with van der Waals surface area (Å²) in [6, 6.07) is -0.409. The lowest BCUT2D eigenvalue weighted by Gasteiger charge is -2.21. The van der Waals surface area contributed by atoms with E-state index in [1.165, 1.54) is 4.57 Å². The summed E-state index contributed by atoms with van der Waals surface area (Å²) in [5.74, 6) is 0.445. The third-order valence-electron chi connectivity index (χ3n) is 2.03. The summed E-state index contributed by atoms with van der Waals surface area (Å²) in [5, 5.41) is 8.73. The molecule has 0 fully saturated rings. The highest BCUT2D eigenvalue weighted by atomic mass is 16.6. The maximum absolute atomic E-state index is 11.5. The predicted molar refractivity (Wildman–Crippen MR) is 61.6 cm³/mol. The van der Waals surface area contributed by atoms with E-state index in [1.807, 2.05) is 0 Å². The zero-order valence-electron chi connectivity index (χ0n) is 10.7. The summed E-state index contributed by atoms with van der Waals surface area (Å²) in [6.07, 6.45) is -0.541. The van der Waals surface area contributed by atoms with Crippen molar-refractivity contribution in [3.05, 3.63) is 16.3 Å². The Balaban J connectivity index is 2.67. The van der Waals surface area contributed by atoms with Gasteiger partial charge in [0.25, 0.3) is 0 Å². The molecular formula is C10H18N4O3. The third-order valence-corrected chi connectivity index (χ3v) is 2.03. The van der Waals surface area contributed by atoms with Gasteiger partial charge in [0.05, 0.1) is 6.04 Å². The number of hydrogen-bond donors (Lipinski definition) is 2. The fourth-order valence-corrected chi connectivity index (χ4v) is 1.30. The van der Waals surface area contributed by atoms with Crippen molar-refractivity contribution < 1.29 is 9.53 Å². The number of carbonyl (C=O) groups is 1. The highest BCUT2D eigenvalue weighted by Crippen LogP contribution is 2.10. The Bertz CT molecular complexity index is 455. The first kappa shape index (κ1) is 13.3. The standard InChI is InChI=1S/C10H18N4O3/c1-6(7-12-13-8(15)14(7)5)11-9(16)17-10(2,3)4/h6H,1-5H3,(H,11,16)(H,13,15). The molecule has 1 aromatic heterocycles. The highest BCUT2D eigenvalue weighted by Gasteiger charge is 2.20. The van der Waals surface area contributed by atoms with E-state index >= 15 is 0 Å². The van der Waals surface area contributed by atoms with Crippen LogP contribution in [0.4, 0.5) is 4.79 Å². The van der Waals surface area contributed by atoms with Gasteiger partial charge in [-0.25, -0.2) is 14.7 Å². The van der Waals surface area contributed by atoms with Crippen molar-refractivity contribution in [1.82, 2.24) is 20.1 Å². The molecule has 0 aromatic carbocycles. The number of aromatic amines is 1. The first-order valence-electron chi connectivity index (χ1n) is 5.31. The van der Waals surface area contributed by atoms with Crippen molar-refractivity contribution in [2.45, 2.75) is 39.3 Å². The molecular weight excluding hydrogens is 224 g/mol. The van der Waals surface area contributed by atoms with Gasteiger partial charge in [-0.3, -0.25) is 4.57 Å². The molecule has 1 aromatic rings. The Labute approximate surface area is 99.2 Å². The van der Waals surface area contributed by atoms with Crippen molar-refractivity contribution in [3.63, 3.8) is 0 Å². The average molecular weight is 242 g/mol. The van der Waals surface area contributed by atoms with Crippen LogP contribution in [-0.4, -0.2) is 26.5 Å². The van der Waals surface area contributed by atoms with Gasteiger partial charge < -0.3 is 10.1 Å². The van der Waals surface area contributed by atoms with Crippen LogP contribution in [0.25, 0.3) is 0 Å². The van der Waals surface area contributed by atoms with E-state index in [4.69, 9.17) is 4.74 Å². The van der Waals surface area contributed by atoms with E-state index in [9.17, 15) is 9.59 Å². The van der Waals surface area contributed by atoms with Gasteiger partial charge in [-0.15, -0.1) is 0 Å². The molecule has 1 heterocycles. The van der Waals surface area contributed by atoms with E-state index in [1.54, 1.807) is 34.7 Å². The molecule has 0 aliphatic rings. The van der Waals surface area contributed by atoms with E-state index < -0.39 is 17.7 Å². The van der Waals surface area contributed by atoms with Crippen LogP contribution in [0.3, 0.4) is 0 Å². The molecule has 0 saturated carbocycles. The molecule has 17 heavy (non-hydrogen) atoms. The predicted octanol–water partition coefficient (Wildman–Crippen LogP) is 0.694. The largest absolute Gasteiger partial charge is 0.444 e. The normalized spacial score (nSPS) is 13.2. The van der Waals surface area contributed by atoms with Gasteiger partial charge in [-0.2, -0.15) is 5.10 Å². The lowest BCUT2D eigenvalue weighted by Crippen LogP contribution is -2.35. The van der Waals surface area contributed by atoms with E-state index in [2.05, 4.69) is 15.5 Å². The van der Waals surface area contributed by atoms with Crippen LogP contribution in [0, 0.1) is 0 Å². The van der Waals surface area contributed by atoms with E-state index in [0.717, 1.165) is 0 Å². The topological polar surface area (TPSA) is 89.0 Å². The van der Waals surface area contributed by atoms with Crippen molar-refractivity contribution in [1.29, 1.82) is 0 Å². The molecule has 96 valence electrons. The Hall–Kier alpha value is -1.79. The van der Waals surface area contributed by atoms with E-state index in [0.29, 0.717) is 5.82 Å². The second-order valence-electron chi connectivity index (χ2n) is 4.81. The van der Waals surface area contributed by atoms with Gasteiger partial charge in [0.1, 0.15) is 5.60 Å². The lowest BCUT2D eigenvalue weighted by atomic mass is 10.2. The molecule has 2 N–H and O–H groups in total. The average Bonchev–Trinajstić information content (AvgIpc) is 2.44. The molecule has 1 atom stereocenters. The lowest BCUT2D eigenvalue weighted by molar-refractivity contribution is 0.0505. The number of H-pyrrole nitrogens is 1. The van der Waals surface area contributed by atoms with Crippen molar-refractivity contribution in [2.24, 2.45) is 7.05 Å². The smallest absolute Gasteiger partial charge is 0.408 e. The van der Waals surface area contributed by atoms with Crippen LogP contribution in [0.1, 0.15) is 39.6 Å². The second-order valence-corrected chi connectivity index (χ2v) is 4.81. The number of ether oxygens (including phenoxy) is 1. The Morgan fingerprint density at radius 1 is 1.53 bits per heavy atom. The van der Waals surface area contributed by atoms with Crippen LogP contribution in [0.15, 0.2) is 4.79 Å². The first-order valence-corrected chi connectivity index (χ1v) is 5.31. The van der Waals surface area contributed by atoms with Gasteiger partial charge in [-0.05, 0) is 27.7 Å². The zero-order chi connectivity index (χ0) is 13.2. The van der Waals surface area contributed by atoms with Gasteiger partial charge in [-0.1, -0.05) is 0 Å². The number of rotatable bonds is 2. The SMILES string of the molecule is CC(NC(=O)OC(C)(C)C)c1n[nH]c(=O)n1C. The number of nitrogens with zero attached hydrogens (tertiary/aromatic N) is 2. The number of amides is 1. The van der Waals surface area contributed by atoms with Crippen LogP contribution < -0.4 is 11.0 Å². The summed E-state index contributed by atoms with van der Waals surface area (Å²) in [5.41, 5.74) is -0.876. The first-order chi connectivity index (χ1) is 7.70. The van der Waals surface area contributed by atoms with Crippen LogP contribution in [-0.2, 0) is 11.8 Å². The minimum absolute atomic E-state index is 0.321. The highest BCUT2D eigenvalue weighted by molar-refractivity contribution is 5.68. The molecule has 0 radical (unpaired) electrons. The summed E-state index contributed by atoms with van der Waals surface area (Å²) in [7, 11) is 1.58. The quantitative estimate of drug-likeness (QED) is 0.798. The minimum atomic E-state index is -0.554. The van der Waals surface area contributed by atoms with Crippen molar-refractivity contribution in [3.8, 4) is 0 Å². The summed E-state index contributed by atoms with van der Waals surface area (Å²) < 4.78 is 6.44. The number of hydrogen-bond acceptors (Lipinski definition) is 4. The Morgan fingerprint density at radius 3 is 2.53 bits per heavy atom. The van der Waals surface area contributed by atoms with Gasteiger partial charge in [0, 0.05) is 7.05 Å². The van der Waals surface area contributed by atoms with Crippen LogP contribution in [0.2, 0.25) is 0 Å². The van der Waals surface area contributed by atoms with Gasteiger partial charge >= 0.3 is 11.8 Å². The molecule has 0 spiro atoms. The molecule has 1 unspecified atom stereocenters. The Morgan fingerprint density at radius 2 is 2.12 bits per heavy atom. The van der Waals surface area contributed by atoms with Crippen molar-refractivity contribution in [2.75, 3.05) is 0 Å². The van der Waals surface area contributed by atoms with Crippen LogP contribution in [0.5, 0.6) is 0 Å². The van der Waals surface area contributed by atoms with Crippen LogP contribution >= 0.6 is 0 Å². The molecule has 0 aliphatic heterocycles. The van der Waals surface area contributed by atoms with Gasteiger partial charge in [0.15, 0.2) is 5.82 Å². The molecule has 7 heteroatoms. The summed E-state index contributed by atoms with van der Waals surface area (Å²) in [6.45, 7) is 7.06. The fraction of sp³-hybridized carbons (Fsp3) is 0.700. The zero-order valence-corrected chi connectivity index (χ0v) is 10.7. The monoisotopic (exact) mass is 242 g/mol. The van der Waals surface area contributed by atoms with E-state index in [-0.39, 0.29) is 5.69 Å². The molecule has 0 bridgehead atoms. The second kappa shape index (κ2) is 4.60. The summed E-state index contributed by atoms with van der Waals surface area (Å²) in [4.78, 5) is 22.7. The molecule has 0 saturated heterocycles. The molecule has 1 amide bonds. The minimum Gasteiger partial charge on any atom is -0.444 e. The molecule has 7 nitrogen and oxygen atoms in total. The maximum atomic E-state index is 11.5. The molecule has 1 rings (SSSR count). The number of alkyl carbamates (subject to hydrolysis) is 1. The summed E-state index contributed by atoms with van der Waals surface area (Å²) >= 11 is 0. The Kier molecular flexibility index (Phi) is 3.59. The fourth-order valence-electron chi connectivity index (χ4n) is 1.30. The van der Waals surface area contributed by atoms with Gasteiger partial charge in [0.2, 0.25) is 0 Å². The number of aromatic nitrogens is 3. The third kappa shape index (κ3) is 3.61. The molecule has 0 aliphatic carbocycles. The maximum Gasteiger partial charge on any atom is 0.408 e.